The summed E-state index contributed by atoms with van der Waals surface area (Å²) >= 11 is 3.35. The highest BCUT2D eigenvalue weighted by Gasteiger charge is 2.11. The van der Waals surface area contributed by atoms with Crippen LogP contribution in [0.15, 0.2) is 27.7 Å². The molecule has 0 spiro atoms. The van der Waals surface area contributed by atoms with Crippen molar-refractivity contribution in [3.05, 3.63) is 34.1 Å². The quantitative estimate of drug-likeness (QED) is 0.412. The predicted octanol–water partition coefficient (Wildman–Crippen LogP) is 3.71. The number of benzene rings is 1. The molecule has 0 aromatic heterocycles. The summed E-state index contributed by atoms with van der Waals surface area (Å²) in [7, 11) is 1.72. The number of nitrogens with zero attached hydrogens (tertiary/aromatic N) is 1. The summed E-state index contributed by atoms with van der Waals surface area (Å²) in [5, 5.41) is 6.43. The molecule has 0 saturated carbocycles. The summed E-state index contributed by atoms with van der Waals surface area (Å²) in [5.41, 5.74) is 0.635. The van der Waals surface area contributed by atoms with Gasteiger partial charge in [-0.3, -0.25) is 4.99 Å². The van der Waals surface area contributed by atoms with Crippen molar-refractivity contribution in [3.63, 3.8) is 0 Å². The second kappa shape index (κ2) is 8.81. The summed E-state index contributed by atoms with van der Waals surface area (Å²) in [6, 6.07) is 4.98. The Labute approximate surface area is 146 Å². The van der Waals surface area contributed by atoms with Gasteiger partial charge < -0.3 is 10.6 Å². The zero-order valence-corrected chi connectivity index (χ0v) is 16.2. The average Bonchev–Trinajstić information content (AvgIpc) is 2.30. The molecule has 0 atom stereocenters. The molecule has 3 nitrogen and oxygen atoms in total. The van der Waals surface area contributed by atoms with Gasteiger partial charge in [0, 0.05) is 23.6 Å². The number of nitrogens with one attached hydrogen (secondary N) is 2. The van der Waals surface area contributed by atoms with Gasteiger partial charge in [0.2, 0.25) is 0 Å². The van der Waals surface area contributed by atoms with Crippen LogP contribution in [0.3, 0.4) is 0 Å². The third-order valence-corrected chi connectivity index (χ3v) is 2.90. The highest BCUT2D eigenvalue weighted by Crippen LogP contribution is 2.15. The van der Waals surface area contributed by atoms with E-state index in [-0.39, 0.29) is 35.3 Å². The van der Waals surface area contributed by atoms with Crippen LogP contribution in [0.4, 0.5) is 4.39 Å². The first-order valence-corrected chi connectivity index (χ1v) is 7.04. The molecule has 0 bridgehead atoms. The number of hydrogen-bond donors (Lipinski definition) is 2. The van der Waals surface area contributed by atoms with Crippen LogP contribution in [0.25, 0.3) is 0 Å². The molecule has 1 rings (SSSR count). The van der Waals surface area contributed by atoms with E-state index in [1.54, 1.807) is 19.2 Å². The number of aliphatic imine (C=N–C) groups is 1. The maximum Gasteiger partial charge on any atom is 0.191 e. The summed E-state index contributed by atoms with van der Waals surface area (Å²) in [6.45, 7) is 6.82. The summed E-state index contributed by atoms with van der Waals surface area (Å²) < 4.78 is 14.4. The van der Waals surface area contributed by atoms with E-state index in [1.165, 1.54) is 6.07 Å². The van der Waals surface area contributed by atoms with Crippen molar-refractivity contribution in [2.24, 2.45) is 4.99 Å². The molecule has 0 aliphatic heterocycles. The van der Waals surface area contributed by atoms with E-state index in [1.807, 2.05) is 0 Å². The van der Waals surface area contributed by atoms with Crippen LogP contribution < -0.4 is 10.6 Å². The van der Waals surface area contributed by atoms with Gasteiger partial charge in [-0.15, -0.1) is 24.0 Å². The van der Waals surface area contributed by atoms with Crippen LogP contribution in [0.5, 0.6) is 0 Å². The fourth-order valence-electron chi connectivity index (χ4n) is 1.58. The Hall–Kier alpha value is -0.370. The van der Waals surface area contributed by atoms with Crippen molar-refractivity contribution in [1.82, 2.24) is 10.6 Å². The standard InChI is InChI=1S/C14H21BrFN3.HI/c1-14(2,3)19-13(17-4)18-8-7-10-9-11(15)5-6-12(10)16;/h5-6,9H,7-8H2,1-4H3,(H2,17,18,19);1H. The van der Waals surface area contributed by atoms with Gasteiger partial charge in [-0.25, -0.2) is 4.39 Å². The molecular formula is C14H22BrFIN3. The van der Waals surface area contributed by atoms with Crippen LogP contribution >= 0.6 is 39.9 Å². The molecule has 0 aliphatic carbocycles. The number of halogens is 3. The Morgan fingerprint density at radius 1 is 1.35 bits per heavy atom. The second-order valence-corrected chi connectivity index (χ2v) is 6.28. The summed E-state index contributed by atoms with van der Waals surface area (Å²) in [4.78, 5) is 4.14. The summed E-state index contributed by atoms with van der Waals surface area (Å²) in [5.74, 6) is 0.548. The molecular weight excluding hydrogens is 436 g/mol. The van der Waals surface area contributed by atoms with Crippen molar-refractivity contribution in [2.75, 3.05) is 13.6 Å². The van der Waals surface area contributed by atoms with E-state index in [0.29, 0.717) is 18.5 Å². The first-order chi connectivity index (χ1) is 8.81. The molecule has 6 heteroatoms. The second-order valence-electron chi connectivity index (χ2n) is 5.36. The number of hydrogen-bond acceptors (Lipinski definition) is 1. The Balaban J connectivity index is 0.00000361. The Morgan fingerprint density at radius 3 is 2.55 bits per heavy atom. The lowest BCUT2D eigenvalue weighted by molar-refractivity contribution is 0.501. The summed E-state index contributed by atoms with van der Waals surface area (Å²) in [6.07, 6.45) is 0.607. The van der Waals surface area contributed by atoms with Gasteiger partial charge in [0.25, 0.3) is 0 Å². The van der Waals surface area contributed by atoms with E-state index in [4.69, 9.17) is 0 Å². The molecule has 0 unspecified atom stereocenters. The fraction of sp³-hybridized carbons (Fsp3) is 0.500. The molecule has 0 radical (unpaired) electrons. The molecule has 0 aliphatic rings. The monoisotopic (exact) mass is 457 g/mol. The van der Waals surface area contributed by atoms with Gasteiger partial charge in [-0.1, -0.05) is 15.9 Å². The maximum absolute atomic E-state index is 13.6. The predicted molar refractivity (Wildman–Crippen MR) is 97.5 cm³/mol. The van der Waals surface area contributed by atoms with Gasteiger partial charge in [0.1, 0.15) is 5.82 Å². The molecule has 2 N–H and O–H groups in total. The lowest BCUT2D eigenvalue weighted by atomic mass is 10.1. The van der Waals surface area contributed by atoms with Gasteiger partial charge >= 0.3 is 0 Å². The SMILES string of the molecule is CN=C(NCCc1cc(Br)ccc1F)NC(C)(C)C.I. The largest absolute Gasteiger partial charge is 0.356 e. The smallest absolute Gasteiger partial charge is 0.191 e. The lowest BCUT2D eigenvalue weighted by Gasteiger charge is -2.23. The Morgan fingerprint density at radius 2 is 2.00 bits per heavy atom. The van der Waals surface area contributed by atoms with E-state index in [9.17, 15) is 4.39 Å². The molecule has 0 fully saturated rings. The molecule has 1 aromatic carbocycles. The lowest BCUT2D eigenvalue weighted by Crippen LogP contribution is -2.48. The van der Waals surface area contributed by atoms with E-state index >= 15 is 0 Å². The molecule has 1 aromatic rings. The van der Waals surface area contributed by atoms with Crippen molar-refractivity contribution >= 4 is 45.9 Å². The topological polar surface area (TPSA) is 36.4 Å². The zero-order chi connectivity index (χ0) is 14.5. The van der Waals surface area contributed by atoms with E-state index < -0.39 is 0 Å². The first kappa shape index (κ1) is 19.6. The third kappa shape index (κ3) is 7.42. The normalized spacial score (nSPS) is 11.8. The van der Waals surface area contributed by atoms with Gasteiger partial charge in [-0.05, 0) is 51.0 Å². The molecule has 0 amide bonds. The van der Waals surface area contributed by atoms with Crippen LogP contribution in [-0.4, -0.2) is 25.1 Å². The third-order valence-electron chi connectivity index (χ3n) is 2.41. The van der Waals surface area contributed by atoms with Crippen molar-refractivity contribution in [1.29, 1.82) is 0 Å². The van der Waals surface area contributed by atoms with Gasteiger partial charge in [-0.2, -0.15) is 0 Å². The first-order valence-electron chi connectivity index (χ1n) is 6.24. The minimum Gasteiger partial charge on any atom is -0.356 e. The maximum atomic E-state index is 13.6. The van der Waals surface area contributed by atoms with Crippen molar-refractivity contribution < 1.29 is 4.39 Å². The Kier molecular flexibility index (Phi) is 8.65. The fourth-order valence-corrected chi connectivity index (χ4v) is 1.99. The number of rotatable bonds is 3. The highest BCUT2D eigenvalue weighted by molar-refractivity contribution is 14.0. The van der Waals surface area contributed by atoms with Crippen LogP contribution in [0.1, 0.15) is 26.3 Å². The average molecular weight is 458 g/mol. The zero-order valence-electron chi connectivity index (χ0n) is 12.3. The van der Waals surface area contributed by atoms with Gasteiger partial charge in [0.05, 0.1) is 0 Å². The highest BCUT2D eigenvalue weighted by atomic mass is 127. The van der Waals surface area contributed by atoms with Crippen LogP contribution in [0.2, 0.25) is 0 Å². The molecule has 0 heterocycles. The van der Waals surface area contributed by atoms with Crippen molar-refractivity contribution in [2.45, 2.75) is 32.7 Å². The minimum atomic E-state index is -0.177. The molecule has 114 valence electrons. The van der Waals surface area contributed by atoms with E-state index in [0.717, 1.165) is 10.4 Å². The Bertz CT molecular complexity index is 458. The van der Waals surface area contributed by atoms with Gasteiger partial charge in [0.15, 0.2) is 5.96 Å². The van der Waals surface area contributed by atoms with Crippen LogP contribution in [-0.2, 0) is 6.42 Å². The minimum absolute atomic E-state index is 0. The van der Waals surface area contributed by atoms with Crippen LogP contribution in [0, 0.1) is 5.82 Å². The molecule has 20 heavy (non-hydrogen) atoms. The number of guanidine groups is 1. The van der Waals surface area contributed by atoms with Crippen molar-refractivity contribution in [3.8, 4) is 0 Å². The molecule has 0 saturated heterocycles. The van der Waals surface area contributed by atoms with E-state index in [2.05, 4.69) is 52.3 Å².